The number of nitrogens with zero attached hydrogens (tertiary/aromatic N) is 3. The van der Waals surface area contributed by atoms with E-state index in [4.69, 9.17) is 0 Å². The predicted molar refractivity (Wildman–Crippen MR) is 111 cm³/mol. The van der Waals surface area contributed by atoms with E-state index >= 15 is 0 Å². The molecule has 3 heterocycles. The molecule has 8 heteroatoms. The van der Waals surface area contributed by atoms with Crippen molar-refractivity contribution in [2.75, 3.05) is 13.1 Å². The quantitative estimate of drug-likeness (QED) is 0.558. The van der Waals surface area contributed by atoms with Crippen molar-refractivity contribution in [1.82, 2.24) is 13.9 Å². The first-order chi connectivity index (χ1) is 13.0. The lowest BCUT2D eigenvalue weighted by molar-refractivity contribution is 0.254. The molecule has 1 aliphatic rings. The maximum atomic E-state index is 12.8. The number of piperidine rings is 1. The maximum absolute atomic E-state index is 12.8. The maximum Gasteiger partial charge on any atom is 0.252 e. The molecule has 0 atom stereocenters. The van der Waals surface area contributed by atoms with E-state index in [0.29, 0.717) is 23.2 Å². The zero-order valence-electron chi connectivity index (χ0n) is 14.7. The molecule has 3 aromatic rings. The van der Waals surface area contributed by atoms with Crippen molar-refractivity contribution >= 4 is 37.3 Å². The Morgan fingerprint density at radius 1 is 1.11 bits per heavy atom. The first-order valence-corrected chi connectivity index (χ1v) is 11.9. The van der Waals surface area contributed by atoms with Crippen molar-refractivity contribution in [1.29, 1.82) is 0 Å². The van der Waals surface area contributed by atoms with Gasteiger partial charge in [0, 0.05) is 37.6 Å². The summed E-state index contributed by atoms with van der Waals surface area (Å²) in [5.41, 5.74) is 1.10. The highest BCUT2D eigenvalue weighted by Crippen LogP contribution is 2.31. The zero-order chi connectivity index (χ0) is 18.9. The van der Waals surface area contributed by atoms with E-state index in [2.05, 4.69) is 37.6 Å². The van der Waals surface area contributed by atoms with Crippen molar-refractivity contribution in [3.8, 4) is 11.4 Å². The van der Waals surface area contributed by atoms with Crippen LogP contribution in [0, 0.1) is 5.92 Å². The molecule has 0 N–H and O–H groups in total. The van der Waals surface area contributed by atoms with Crippen LogP contribution in [-0.4, -0.2) is 35.4 Å². The summed E-state index contributed by atoms with van der Waals surface area (Å²) in [5, 5.41) is 0. The van der Waals surface area contributed by atoms with Crippen LogP contribution in [-0.2, 0) is 16.6 Å². The van der Waals surface area contributed by atoms with Crippen LogP contribution in [0.5, 0.6) is 0 Å². The first kappa shape index (κ1) is 18.9. The van der Waals surface area contributed by atoms with Gasteiger partial charge >= 0.3 is 0 Å². The monoisotopic (exact) mass is 465 g/mol. The molecule has 1 fully saturated rings. The summed E-state index contributed by atoms with van der Waals surface area (Å²) in [6, 6.07) is 13.6. The number of aromatic nitrogens is 2. The lowest BCUT2D eigenvalue weighted by Gasteiger charge is -2.31. The highest BCUT2D eigenvalue weighted by atomic mass is 79.9. The summed E-state index contributed by atoms with van der Waals surface area (Å²) in [7, 11) is -3.38. The minimum atomic E-state index is -3.38. The van der Waals surface area contributed by atoms with Gasteiger partial charge in [-0.25, -0.2) is 13.4 Å². The average molecular weight is 466 g/mol. The second-order valence-corrected chi connectivity index (χ2v) is 11.3. The van der Waals surface area contributed by atoms with E-state index in [1.165, 1.54) is 11.3 Å². The van der Waals surface area contributed by atoms with Crippen LogP contribution in [0.2, 0.25) is 0 Å². The summed E-state index contributed by atoms with van der Waals surface area (Å²) in [6.45, 7) is 2.00. The molecule has 2 aromatic heterocycles. The van der Waals surface area contributed by atoms with Crippen molar-refractivity contribution in [2.45, 2.75) is 23.6 Å². The number of hydrogen-bond acceptors (Lipinski definition) is 4. The molecule has 142 valence electrons. The lowest BCUT2D eigenvalue weighted by atomic mass is 9.98. The molecule has 0 saturated carbocycles. The smallest absolute Gasteiger partial charge is 0.252 e. The van der Waals surface area contributed by atoms with Crippen LogP contribution in [0.1, 0.15) is 12.8 Å². The third kappa shape index (κ3) is 4.03. The van der Waals surface area contributed by atoms with E-state index in [9.17, 15) is 8.42 Å². The van der Waals surface area contributed by atoms with Gasteiger partial charge in [0.25, 0.3) is 10.0 Å². The second-order valence-electron chi connectivity index (χ2n) is 6.68. The molecular formula is C19H20BrN3O2S2. The van der Waals surface area contributed by atoms with Crippen molar-refractivity contribution in [3.05, 3.63) is 58.6 Å². The van der Waals surface area contributed by atoms with E-state index in [-0.39, 0.29) is 0 Å². The van der Waals surface area contributed by atoms with Crippen LogP contribution < -0.4 is 0 Å². The molecule has 27 heavy (non-hydrogen) atoms. The molecule has 0 spiro atoms. The number of sulfonamides is 1. The Bertz CT molecular complexity index is 1010. The van der Waals surface area contributed by atoms with Gasteiger partial charge in [-0.1, -0.05) is 30.3 Å². The van der Waals surface area contributed by atoms with Crippen LogP contribution in [0.4, 0.5) is 0 Å². The Morgan fingerprint density at radius 3 is 2.52 bits per heavy atom. The molecule has 0 aliphatic carbocycles. The summed E-state index contributed by atoms with van der Waals surface area (Å²) in [5.74, 6) is 1.41. The summed E-state index contributed by atoms with van der Waals surface area (Å²) < 4.78 is 30.6. The van der Waals surface area contributed by atoms with Gasteiger partial charge < -0.3 is 4.57 Å². The molecule has 0 unspecified atom stereocenters. The van der Waals surface area contributed by atoms with Crippen LogP contribution in [0.3, 0.4) is 0 Å². The van der Waals surface area contributed by atoms with Crippen LogP contribution >= 0.6 is 27.3 Å². The highest BCUT2D eigenvalue weighted by molar-refractivity contribution is 9.11. The average Bonchev–Trinajstić information content (AvgIpc) is 3.32. The van der Waals surface area contributed by atoms with Gasteiger partial charge in [-0.2, -0.15) is 4.31 Å². The van der Waals surface area contributed by atoms with Crippen LogP contribution in [0.15, 0.2) is 62.9 Å². The third-order valence-corrected chi connectivity index (χ3v) is 8.91. The van der Waals surface area contributed by atoms with Crippen molar-refractivity contribution < 1.29 is 8.42 Å². The number of hydrogen-bond donors (Lipinski definition) is 0. The Kier molecular flexibility index (Phi) is 5.50. The van der Waals surface area contributed by atoms with Gasteiger partial charge in [-0.15, -0.1) is 11.3 Å². The molecule has 0 amide bonds. The summed E-state index contributed by atoms with van der Waals surface area (Å²) >= 11 is 4.61. The topological polar surface area (TPSA) is 55.2 Å². The number of imidazole rings is 1. The van der Waals surface area contributed by atoms with Gasteiger partial charge in [0.05, 0.1) is 3.79 Å². The van der Waals surface area contributed by atoms with Crippen LogP contribution in [0.25, 0.3) is 11.4 Å². The fraction of sp³-hybridized carbons (Fsp3) is 0.316. The Morgan fingerprint density at radius 2 is 1.85 bits per heavy atom. The molecule has 4 rings (SSSR count). The van der Waals surface area contributed by atoms with E-state index in [1.54, 1.807) is 16.4 Å². The largest absolute Gasteiger partial charge is 0.331 e. The molecular weight excluding hydrogens is 446 g/mol. The minimum absolute atomic E-state index is 0.411. The molecule has 1 aliphatic heterocycles. The number of thiophene rings is 1. The van der Waals surface area contributed by atoms with E-state index < -0.39 is 10.0 Å². The molecule has 0 radical (unpaired) electrons. The van der Waals surface area contributed by atoms with E-state index in [1.807, 2.05) is 30.6 Å². The molecule has 5 nitrogen and oxygen atoms in total. The van der Waals surface area contributed by atoms with Crippen molar-refractivity contribution in [2.24, 2.45) is 5.92 Å². The number of rotatable bonds is 5. The zero-order valence-corrected chi connectivity index (χ0v) is 17.9. The second kappa shape index (κ2) is 7.87. The van der Waals surface area contributed by atoms with E-state index in [0.717, 1.165) is 34.6 Å². The first-order valence-electron chi connectivity index (χ1n) is 8.86. The van der Waals surface area contributed by atoms with Gasteiger partial charge in [-0.05, 0) is 46.8 Å². The Balaban J connectivity index is 1.42. The van der Waals surface area contributed by atoms with Gasteiger partial charge in [0.1, 0.15) is 10.0 Å². The SMILES string of the molecule is O=S(=O)(c1ccc(Br)s1)N1CCC(Cn2ccnc2-c2ccccc2)CC1. The number of benzene rings is 1. The van der Waals surface area contributed by atoms with Gasteiger partial charge in [0.2, 0.25) is 0 Å². The molecule has 1 aromatic carbocycles. The van der Waals surface area contributed by atoms with Gasteiger partial charge in [0.15, 0.2) is 0 Å². The third-order valence-electron chi connectivity index (χ3n) is 4.92. The minimum Gasteiger partial charge on any atom is -0.331 e. The Hall–Kier alpha value is -1.48. The predicted octanol–water partition coefficient (Wildman–Crippen LogP) is 4.48. The normalized spacial score (nSPS) is 16.6. The molecule has 0 bridgehead atoms. The lowest BCUT2D eigenvalue weighted by Crippen LogP contribution is -2.39. The standard InChI is InChI=1S/C19H20BrN3O2S2/c20-17-6-7-18(26-17)27(24,25)23-11-8-15(9-12-23)14-22-13-10-21-19(22)16-4-2-1-3-5-16/h1-7,10,13,15H,8-9,11-12,14H2. The summed E-state index contributed by atoms with van der Waals surface area (Å²) in [6.07, 6.45) is 5.56. The fourth-order valence-corrected chi connectivity index (χ4v) is 7.11. The summed E-state index contributed by atoms with van der Waals surface area (Å²) in [4.78, 5) is 4.50. The Labute approximate surface area is 171 Å². The molecule has 1 saturated heterocycles. The van der Waals surface area contributed by atoms with Gasteiger partial charge in [-0.3, -0.25) is 0 Å². The fourth-order valence-electron chi connectivity index (χ4n) is 3.48. The van der Waals surface area contributed by atoms with Crippen molar-refractivity contribution in [3.63, 3.8) is 0 Å². The number of halogens is 1. The highest BCUT2D eigenvalue weighted by Gasteiger charge is 2.30.